The fourth-order valence-corrected chi connectivity index (χ4v) is 2.49. The second-order valence-electron chi connectivity index (χ2n) is 6.19. The van der Waals surface area contributed by atoms with Gasteiger partial charge in [-0.25, -0.2) is 9.50 Å². The van der Waals surface area contributed by atoms with Crippen molar-refractivity contribution in [2.45, 2.75) is 45.9 Å². The number of hydrogen-bond donors (Lipinski definition) is 2. The second-order valence-corrected chi connectivity index (χ2v) is 6.19. The summed E-state index contributed by atoms with van der Waals surface area (Å²) in [5.41, 5.74) is 0.0320. The van der Waals surface area contributed by atoms with Crippen molar-refractivity contribution < 1.29 is 9.90 Å². The Morgan fingerprint density at radius 2 is 2.05 bits per heavy atom. The zero-order valence-electron chi connectivity index (χ0n) is 12.5. The van der Waals surface area contributed by atoms with Crippen molar-refractivity contribution in [3.8, 4) is 0 Å². The third-order valence-corrected chi connectivity index (χ3v) is 3.78. The molecule has 7 heteroatoms. The number of H-pyrrole nitrogens is 1. The Labute approximate surface area is 121 Å². The summed E-state index contributed by atoms with van der Waals surface area (Å²) in [7, 11) is 0. The quantitative estimate of drug-likeness (QED) is 0.848. The molecule has 1 amide bonds. The number of aliphatic hydroxyl groups is 1. The van der Waals surface area contributed by atoms with E-state index in [1.54, 1.807) is 24.8 Å². The highest BCUT2D eigenvalue weighted by molar-refractivity contribution is 5.96. The largest absolute Gasteiger partial charge is 0.384 e. The first-order valence-electron chi connectivity index (χ1n) is 6.88. The summed E-state index contributed by atoms with van der Waals surface area (Å²) in [5.74, 6) is -0.217. The summed E-state index contributed by atoms with van der Waals surface area (Å²) >= 11 is 0. The Balaban J connectivity index is 2.22. The standard InChI is InChI=1S/C14H18N4O3/c1-7(2)17-6-8-11(13(17)20)15-10-5-9(14(3,4)21)16-18(10)12(8)19/h5,7,16,21H,6H2,1-4H3. The van der Waals surface area contributed by atoms with Crippen LogP contribution in [0.4, 0.5) is 0 Å². The fraction of sp³-hybridized carbons (Fsp3) is 0.500. The van der Waals surface area contributed by atoms with Gasteiger partial charge in [0.05, 0.1) is 17.8 Å². The fourth-order valence-electron chi connectivity index (χ4n) is 2.49. The van der Waals surface area contributed by atoms with Crippen LogP contribution in [0.5, 0.6) is 0 Å². The number of carbonyl (C=O) groups excluding carboxylic acids is 1. The molecule has 2 aromatic heterocycles. The molecule has 0 atom stereocenters. The Bertz CT molecular complexity index is 795. The van der Waals surface area contributed by atoms with Crippen molar-refractivity contribution in [1.29, 1.82) is 0 Å². The minimum Gasteiger partial charge on any atom is -0.384 e. The first-order valence-corrected chi connectivity index (χ1v) is 6.88. The van der Waals surface area contributed by atoms with E-state index >= 15 is 0 Å². The lowest BCUT2D eigenvalue weighted by Crippen LogP contribution is -2.31. The summed E-state index contributed by atoms with van der Waals surface area (Å²) < 4.78 is 1.28. The van der Waals surface area contributed by atoms with Crippen LogP contribution in [0.15, 0.2) is 10.9 Å². The van der Waals surface area contributed by atoms with Crippen LogP contribution in [0.25, 0.3) is 5.65 Å². The van der Waals surface area contributed by atoms with Crippen molar-refractivity contribution in [3.63, 3.8) is 0 Å². The number of aromatic amines is 1. The number of amides is 1. The summed E-state index contributed by atoms with van der Waals surface area (Å²) in [6.45, 7) is 7.31. The van der Waals surface area contributed by atoms with Crippen LogP contribution >= 0.6 is 0 Å². The van der Waals surface area contributed by atoms with E-state index in [4.69, 9.17) is 0 Å². The van der Waals surface area contributed by atoms with Gasteiger partial charge in [-0.05, 0) is 27.7 Å². The molecule has 3 rings (SSSR count). The van der Waals surface area contributed by atoms with Crippen molar-refractivity contribution in [1.82, 2.24) is 19.5 Å². The van der Waals surface area contributed by atoms with Gasteiger partial charge in [-0.2, -0.15) is 0 Å². The predicted molar refractivity (Wildman–Crippen MR) is 76.1 cm³/mol. The smallest absolute Gasteiger partial charge is 0.278 e. The molecule has 0 aromatic carbocycles. The molecule has 21 heavy (non-hydrogen) atoms. The monoisotopic (exact) mass is 290 g/mol. The average Bonchev–Trinajstić information content (AvgIpc) is 2.92. The molecular weight excluding hydrogens is 272 g/mol. The van der Waals surface area contributed by atoms with Gasteiger partial charge in [0.15, 0.2) is 5.65 Å². The molecule has 1 aliphatic rings. The summed E-state index contributed by atoms with van der Waals surface area (Å²) in [6, 6.07) is 1.61. The highest BCUT2D eigenvalue weighted by Crippen LogP contribution is 2.23. The number of aromatic nitrogens is 3. The van der Waals surface area contributed by atoms with E-state index in [9.17, 15) is 14.7 Å². The van der Waals surface area contributed by atoms with Crippen molar-refractivity contribution >= 4 is 11.6 Å². The summed E-state index contributed by atoms with van der Waals surface area (Å²) in [6.07, 6.45) is 0. The van der Waals surface area contributed by atoms with Crippen LogP contribution in [0.2, 0.25) is 0 Å². The Morgan fingerprint density at radius 3 is 2.62 bits per heavy atom. The van der Waals surface area contributed by atoms with Crippen LogP contribution in [0, 0.1) is 0 Å². The highest BCUT2D eigenvalue weighted by atomic mass is 16.3. The molecule has 0 saturated heterocycles. The zero-order valence-corrected chi connectivity index (χ0v) is 12.5. The molecule has 0 fully saturated rings. The van der Waals surface area contributed by atoms with Gasteiger partial charge in [0.1, 0.15) is 11.3 Å². The molecule has 0 radical (unpaired) electrons. The van der Waals surface area contributed by atoms with E-state index < -0.39 is 5.60 Å². The van der Waals surface area contributed by atoms with Crippen molar-refractivity contribution in [3.05, 3.63) is 33.4 Å². The number of hydrogen-bond acceptors (Lipinski definition) is 4. The maximum absolute atomic E-state index is 12.5. The molecule has 7 nitrogen and oxygen atoms in total. The lowest BCUT2D eigenvalue weighted by Gasteiger charge is -2.19. The molecular formula is C14H18N4O3. The van der Waals surface area contributed by atoms with Gasteiger partial charge in [0.25, 0.3) is 11.5 Å². The van der Waals surface area contributed by atoms with Gasteiger partial charge >= 0.3 is 0 Å². The maximum Gasteiger partial charge on any atom is 0.278 e. The van der Waals surface area contributed by atoms with Crippen LogP contribution in [0.1, 0.15) is 49.4 Å². The Hall–Kier alpha value is -2.15. The third kappa shape index (κ3) is 1.96. The first-order chi connectivity index (χ1) is 9.70. The lowest BCUT2D eigenvalue weighted by atomic mass is 10.1. The summed E-state index contributed by atoms with van der Waals surface area (Å²) in [4.78, 5) is 30.7. The van der Waals surface area contributed by atoms with Gasteiger partial charge < -0.3 is 10.0 Å². The van der Waals surface area contributed by atoms with Gasteiger partial charge in [0.2, 0.25) is 0 Å². The molecule has 3 heterocycles. The van der Waals surface area contributed by atoms with E-state index in [-0.39, 0.29) is 29.7 Å². The van der Waals surface area contributed by atoms with Crippen molar-refractivity contribution in [2.75, 3.05) is 0 Å². The van der Waals surface area contributed by atoms with Crippen LogP contribution in [0.3, 0.4) is 0 Å². The number of fused-ring (bicyclic) bond motifs is 2. The van der Waals surface area contributed by atoms with Crippen molar-refractivity contribution in [2.24, 2.45) is 0 Å². The van der Waals surface area contributed by atoms with Gasteiger partial charge in [-0.1, -0.05) is 0 Å². The molecule has 0 unspecified atom stereocenters. The molecule has 1 aliphatic heterocycles. The molecule has 0 saturated carbocycles. The number of carbonyl (C=O) groups is 1. The molecule has 112 valence electrons. The topological polar surface area (TPSA) is 90.7 Å². The molecule has 2 N–H and O–H groups in total. The Kier molecular flexibility index (Phi) is 2.75. The lowest BCUT2D eigenvalue weighted by molar-refractivity contribution is 0.0724. The van der Waals surface area contributed by atoms with E-state index in [1.807, 2.05) is 13.8 Å². The minimum atomic E-state index is -1.11. The molecule has 0 aliphatic carbocycles. The normalized spacial score (nSPS) is 15.3. The van der Waals surface area contributed by atoms with Gasteiger partial charge in [-0.3, -0.25) is 14.7 Å². The zero-order chi connectivity index (χ0) is 15.5. The van der Waals surface area contributed by atoms with E-state index in [0.29, 0.717) is 16.9 Å². The van der Waals surface area contributed by atoms with Crippen LogP contribution in [-0.2, 0) is 12.1 Å². The molecule has 0 spiro atoms. The number of nitrogens with zero attached hydrogens (tertiary/aromatic N) is 3. The van der Waals surface area contributed by atoms with E-state index in [1.165, 1.54) is 4.52 Å². The van der Waals surface area contributed by atoms with Gasteiger partial charge in [-0.15, -0.1) is 0 Å². The number of rotatable bonds is 2. The summed E-state index contributed by atoms with van der Waals surface area (Å²) in [5, 5.41) is 12.9. The minimum absolute atomic E-state index is 0.0152. The molecule has 0 bridgehead atoms. The predicted octanol–water partition coefficient (Wildman–Crippen LogP) is 0.614. The number of nitrogens with one attached hydrogen (secondary N) is 1. The van der Waals surface area contributed by atoms with E-state index in [2.05, 4.69) is 10.1 Å². The molecule has 2 aromatic rings. The van der Waals surface area contributed by atoms with Gasteiger partial charge in [0, 0.05) is 12.1 Å². The maximum atomic E-state index is 12.5. The SMILES string of the molecule is CC(C)N1Cc2c(nc3cc(C(C)(C)O)[nH]n3c2=O)C1=O. The second kappa shape index (κ2) is 4.17. The van der Waals surface area contributed by atoms with Crippen LogP contribution < -0.4 is 5.56 Å². The highest BCUT2D eigenvalue weighted by Gasteiger charge is 2.34. The first kappa shape index (κ1) is 13.8. The Morgan fingerprint density at radius 1 is 1.38 bits per heavy atom. The van der Waals surface area contributed by atoms with E-state index in [0.717, 1.165) is 0 Å². The third-order valence-electron chi connectivity index (χ3n) is 3.78. The average molecular weight is 290 g/mol. The van der Waals surface area contributed by atoms with Crippen LogP contribution in [-0.4, -0.2) is 36.6 Å².